The lowest BCUT2D eigenvalue weighted by molar-refractivity contribution is -0.139. The lowest BCUT2D eigenvalue weighted by atomic mass is 9.86. The van der Waals surface area contributed by atoms with Crippen molar-refractivity contribution in [2.75, 3.05) is 17.2 Å². The van der Waals surface area contributed by atoms with Gasteiger partial charge in [-0.3, -0.25) is 10.2 Å². The molecule has 0 fully saturated rings. The van der Waals surface area contributed by atoms with Crippen LogP contribution in [0.15, 0.2) is 48.5 Å². The van der Waals surface area contributed by atoms with Crippen LogP contribution >= 0.6 is 12.4 Å². The van der Waals surface area contributed by atoms with Gasteiger partial charge in [-0.1, -0.05) is 12.1 Å². The van der Waals surface area contributed by atoms with E-state index in [9.17, 15) is 23.1 Å². The number of anilines is 2. The minimum atomic E-state index is -4.71. The van der Waals surface area contributed by atoms with Crippen LogP contribution in [0.4, 0.5) is 24.5 Å². The third kappa shape index (κ3) is 7.96. The number of alkyl halides is 3. The highest BCUT2D eigenvalue weighted by Crippen LogP contribution is 2.44. The Morgan fingerprint density at radius 2 is 1.75 bits per heavy atom. The van der Waals surface area contributed by atoms with Gasteiger partial charge in [-0.25, -0.2) is 0 Å². The molecule has 3 aromatic carbocycles. The molecule has 1 unspecified atom stereocenters. The summed E-state index contributed by atoms with van der Waals surface area (Å²) in [4.78, 5) is 12.4. The monoisotopic (exact) mass is 632 g/mol. The molecule has 1 aliphatic heterocycles. The molecule has 0 bridgehead atoms. The molecule has 1 heterocycles. The van der Waals surface area contributed by atoms with Gasteiger partial charge >= 0.3 is 6.18 Å². The molecule has 6 N–H and O–H groups in total. The Labute approximate surface area is 260 Å². The van der Waals surface area contributed by atoms with E-state index in [0.29, 0.717) is 36.3 Å². The maximum atomic E-state index is 13.9. The van der Waals surface area contributed by atoms with E-state index >= 15 is 0 Å². The van der Waals surface area contributed by atoms with Crippen molar-refractivity contribution in [2.45, 2.75) is 58.7 Å². The normalized spacial score (nSPS) is 16.0. The van der Waals surface area contributed by atoms with E-state index in [4.69, 9.17) is 20.6 Å². The summed E-state index contributed by atoms with van der Waals surface area (Å²) in [5.74, 6) is -0.179. The number of nitrogens with two attached hydrogens (primary N) is 1. The van der Waals surface area contributed by atoms with E-state index in [0.717, 1.165) is 28.3 Å². The van der Waals surface area contributed by atoms with Crippen molar-refractivity contribution in [3.8, 4) is 17.2 Å². The van der Waals surface area contributed by atoms with E-state index < -0.39 is 23.2 Å². The van der Waals surface area contributed by atoms with E-state index in [-0.39, 0.29) is 42.2 Å². The number of phenolic OH excluding ortho intramolecular Hbond substituents is 1. The zero-order valence-corrected chi connectivity index (χ0v) is 25.6. The molecule has 0 radical (unpaired) electrons. The Balaban J connectivity index is 0.00000529. The number of hydrogen-bond acceptors (Lipinski definition) is 5. The summed E-state index contributed by atoms with van der Waals surface area (Å²) >= 11 is 0. The largest absolute Gasteiger partial charge is 0.507 e. The quantitative estimate of drug-likeness (QED) is 0.101. The van der Waals surface area contributed by atoms with Gasteiger partial charge in [-0.15, -0.1) is 12.4 Å². The first kappa shape index (κ1) is 34.1. The highest BCUT2D eigenvalue weighted by Gasteiger charge is 2.37. The fourth-order valence-corrected chi connectivity index (χ4v) is 4.99. The van der Waals surface area contributed by atoms with Gasteiger partial charge in [0.05, 0.1) is 12.2 Å². The number of aromatic hydroxyl groups is 1. The van der Waals surface area contributed by atoms with Gasteiger partial charge in [0, 0.05) is 29.4 Å². The second kappa shape index (κ2) is 13.5. The molecule has 8 nitrogen and oxygen atoms in total. The molecule has 0 aromatic heterocycles. The van der Waals surface area contributed by atoms with E-state index in [2.05, 4.69) is 10.6 Å². The number of guanidine groups is 1. The van der Waals surface area contributed by atoms with Crippen LogP contribution in [-0.2, 0) is 17.4 Å². The van der Waals surface area contributed by atoms with Crippen LogP contribution < -0.4 is 25.8 Å². The summed E-state index contributed by atoms with van der Waals surface area (Å²) in [6, 6.07) is 10.1. The first-order valence-electron chi connectivity index (χ1n) is 13.7. The van der Waals surface area contributed by atoms with Crippen LogP contribution in [0.1, 0.15) is 53.1 Å². The number of fused-ring (bicyclic) bond motifs is 1. The number of carbonyl (C=O) groups excluding carboxylic acids is 1. The van der Waals surface area contributed by atoms with Crippen LogP contribution in [0.5, 0.6) is 17.2 Å². The van der Waals surface area contributed by atoms with Gasteiger partial charge in [-0.05, 0) is 99.2 Å². The molecule has 3 aromatic rings. The third-order valence-corrected chi connectivity index (χ3v) is 7.65. The number of phenols is 1. The Morgan fingerprint density at radius 1 is 1.09 bits per heavy atom. The van der Waals surface area contributed by atoms with Crippen molar-refractivity contribution >= 4 is 41.7 Å². The predicted octanol–water partition coefficient (Wildman–Crippen LogP) is 7.27. The Morgan fingerprint density at radius 3 is 2.39 bits per heavy atom. The third-order valence-electron chi connectivity index (χ3n) is 7.65. The lowest BCUT2D eigenvalue weighted by Crippen LogP contribution is -2.38. The Hall–Kier alpha value is -4.38. The average Bonchev–Trinajstić information content (AvgIpc) is 2.94. The molecule has 0 saturated heterocycles. The van der Waals surface area contributed by atoms with Crippen molar-refractivity contribution in [3.05, 3.63) is 81.9 Å². The number of benzene rings is 3. The molecule has 0 spiro atoms. The smallest absolute Gasteiger partial charge is 0.420 e. The van der Waals surface area contributed by atoms with Crippen LogP contribution in [-0.4, -0.2) is 29.2 Å². The van der Waals surface area contributed by atoms with Crippen LogP contribution in [0.3, 0.4) is 0 Å². The number of hydrogen-bond donors (Lipinski definition) is 5. The zero-order chi connectivity index (χ0) is 31.5. The molecule has 236 valence electrons. The molecule has 0 aliphatic carbocycles. The molecule has 4 rings (SSSR count). The highest BCUT2D eigenvalue weighted by molar-refractivity contribution is 6.02. The first-order chi connectivity index (χ1) is 20.2. The van der Waals surface area contributed by atoms with Gasteiger partial charge in [-0.2, -0.15) is 13.2 Å². The van der Waals surface area contributed by atoms with Gasteiger partial charge in [0.1, 0.15) is 22.8 Å². The summed E-state index contributed by atoms with van der Waals surface area (Å²) in [6.45, 7) is 7.45. The van der Waals surface area contributed by atoms with Crippen molar-refractivity contribution in [3.63, 3.8) is 0 Å². The topological polar surface area (TPSA) is 130 Å². The van der Waals surface area contributed by atoms with E-state index in [1.807, 2.05) is 27.7 Å². The number of halogens is 4. The van der Waals surface area contributed by atoms with Crippen molar-refractivity contribution in [1.82, 2.24) is 0 Å². The predicted molar refractivity (Wildman–Crippen MR) is 168 cm³/mol. The average molecular weight is 633 g/mol. The second-order valence-electron chi connectivity index (χ2n) is 10.9. The number of amides is 1. The standard InChI is InChI=1S/C32H35F3N4O4.ClH/c1-18-19(2)29-24(20(3)28(18)41)13-14-31(4,43-29)15-16-42-26-11-10-23(17-25(26)32(33,34)35)38-27(40)12-7-21-5-8-22(9-6-21)39-30(36)37;/h5-12,17,41H,13-16H2,1-4H3,(H,38,40)(H4,36,37,39);1H/b12-7+;. The van der Waals surface area contributed by atoms with Crippen molar-refractivity contribution in [2.24, 2.45) is 5.73 Å². The number of ether oxygens (including phenoxy) is 2. The number of carbonyl (C=O) groups is 1. The highest BCUT2D eigenvalue weighted by atomic mass is 35.5. The second-order valence-corrected chi connectivity index (χ2v) is 10.9. The van der Waals surface area contributed by atoms with E-state index in [1.165, 1.54) is 24.3 Å². The SMILES string of the molecule is Cc1c(C)c2c(c(C)c1O)CCC(C)(CCOc1ccc(NC(=O)/C=C/c3ccc(NC(=N)N)cc3)cc1C(F)(F)F)O2.Cl. The zero-order valence-electron chi connectivity index (χ0n) is 24.8. The molecular weight excluding hydrogens is 597 g/mol. The molecule has 44 heavy (non-hydrogen) atoms. The van der Waals surface area contributed by atoms with Crippen LogP contribution in [0.2, 0.25) is 0 Å². The lowest BCUT2D eigenvalue weighted by Gasteiger charge is -2.38. The summed E-state index contributed by atoms with van der Waals surface area (Å²) in [5, 5.41) is 22.7. The minimum absolute atomic E-state index is 0. The van der Waals surface area contributed by atoms with Gasteiger partial charge in [0.2, 0.25) is 5.91 Å². The van der Waals surface area contributed by atoms with Gasteiger partial charge in [0.15, 0.2) is 5.96 Å². The molecule has 1 aliphatic rings. The fraction of sp³-hybridized carbons (Fsp3) is 0.312. The van der Waals surface area contributed by atoms with Crippen molar-refractivity contribution < 1.29 is 32.5 Å². The molecule has 12 heteroatoms. The maximum absolute atomic E-state index is 13.9. The maximum Gasteiger partial charge on any atom is 0.420 e. The summed E-state index contributed by atoms with van der Waals surface area (Å²) in [5.41, 5.74) is 8.19. The van der Waals surface area contributed by atoms with E-state index in [1.54, 1.807) is 24.3 Å². The van der Waals surface area contributed by atoms with Crippen LogP contribution in [0.25, 0.3) is 6.08 Å². The Kier molecular flexibility index (Phi) is 10.5. The first-order valence-corrected chi connectivity index (χ1v) is 13.7. The van der Waals surface area contributed by atoms with Crippen LogP contribution in [0, 0.1) is 26.2 Å². The summed E-state index contributed by atoms with van der Waals surface area (Å²) < 4.78 is 53.8. The molecular formula is C32H36ClF3N4O4. The minimum Gasteiger partial charge on any atom is -0.507 e. The fourth-order valence-electron chi connectivity index (χ4n) is 4.99. The molecule has 0 saturated carbocycles. The summed E-state index contributed by atoms with van der Waals surface area (Å²) in [7, 11) is 0. The van der Waals surface area contributed by atoms with Crippen molar-refractivity contribution in [1.29, 1.82) is 5.41 Å². The Bertz CT molecular complexity index is 1580. The van der Waals surface area contributed by atoms with Gasteiger partial charge < -0.3 is 30.9 Å². The van der Waals surface area contributed by atoms with Gasteiger partial charge in [0.25, 0.3) is 0 Å². The summed E-state index contributed by atoms with van der Waals surface area (Å²) in [6.07, 6.45) is -0.354. The molecule has 1 amide bonds. The molecule has 1 atom stereocenters. The number of rotatable bonds is 8. The number of nitrogens with one attached hydrogen (secondary N) is 3.